The molecule has 3 nitrogen and oxygen atoms in total. The monoisotopic (exact) mass is 212 g/mol. The number of hydrogen-bond acceptors (Lipinski definition) is 3. The van der Waals surface area contributed by atoms with Crippen LogP contribution in [0.15, 0.2) is 18.2 Å². The van der Waals surface area contributed by atoms with Crippen molar-refractivity contribution in [3.05, 3.63) is 28.8 Å². The smallest absolute Gasteiger partial charge is 0.124 e. The van der Waals surface area contributed by atoms with Gasteiger partial charge in [-0.2, -0.15) is 0 Å². The molecule has 0 spiro atoms. The molecule has 1 fully saturated rings. The van der Waals surface area contributed by atoms with Crippen molar-refractivity contribution in [2.24, 2.45) is 5.73 Å². The lowest BCUT2D eigenvalue weighted by molar-refractivity contribution is 0.274. The highest BCUT2D eigenvalue weighted by atomic mass is 35.5. The van der Waals surface area contributed by atoms with Gasteiger partial charge in [-0.15, -0.1) is 0 Å². The average molecular weight is 213 g/mol. The van der Waals surface area contributed by atoms with Crippen molar-refractivity contribution in [1.82, 2.24) is 5.32 Å². The van der Waals surface area contributed by atoms with E-state index in [-0.39, 0.29) is 5.54 Å². The van der Waals surface area contributed by atoms with Gasteiger partial charge in [0.1, 0.15) is 5.75 Å². The van der Waals surface area contributed by atoms with Crippen molar-refractivity contribution in [2.45, 2.75) is 5.54 Å². The van der Waals surface area contributed by atoms with Gasteiger partial charge < -0.3 is 15.8 Å². The summed E-state index contributed by atoms with van der Waals surface area (Å²) < 4.78 is 5.26. The molecule has 1 aromatic carbocycles. The summed E-state index contributed by atoms with van der Waals surface area (Å²) >= 11 is 5.93. The molecule has 1 aliphatic heterocycles. The molecule has 2 rings (SSSR count). The second kappa shape index (κ2) is 3.42. The van der Waals surface area contributed by atoms with Gasteiger partial charge in [-0.1, -0.05) is 11.6 Å². The highest BCUT2D eigenvalue weighted by Crippen LogP contribution is 2.32. The highest BCUT2D eigenvalue weighted by Gasteiger charge is 2.36. The molecule has 1 aromatic rings. The molecular weight excluding hydrogens is 200 g/mol. The summed E-state index contributed by atoms with van der Waals surface area (Å²) in [6.45, 7) is 1.54. The molecule has 0 unspecified atom stereocenters. The first-order chi connectivity index (χ1) is 6.65. The number of rotatable bonds is 2. The fraction of sp³-hybridized carbons (Fsp3) is 0.400. The minimum Gasteiger partial charge on any atom is -0.496 e. The molecule has 14 heavy (non-hydrogen) atoms. The van der Waals surface area contributed by atoms with Gasteiger partial charge in [0.05, 0.1) is 12.6 Å². The van der Waals surface area contributed by atoms with E-state index >= 15 is 0 Å². The van der Waals surface area contributed by atoms with Gasteiger partial charge in [-0.05, 0) is 18.2 Å². The van der Waals surface area contributed by atoms with Gasteiger partial charge in [0.2, 0.25) is 0 Å². The third kappa shape index (κ3) is 1.47. The van der Waals surface area contributed by atoms with Crippen LogP contribution in [0.5, 0.6) is 5.75 Å². The molecule has 3 N–H and O–H groups in total. The lowest BCUT2D eigenvalue weighted by Gasteiger charge is -2.40. The van der Waals surface area contributed by atoms with Crippen LogP contribution in [-0.2, 0) is 5.54 Å². The van der Waals surface area contributed by atoms with Gasteiger partial charge in [0.15, 0.2) is 0 Å². The standard InChI is InChI=1S/C10H13ClN2O/c1-14-9-3-2-7(11)4-8(9)10(12)5-13-6-10/h2-4,13H,5-6,12H2,1H3. The lowest BCUT2D eigenvalue weighted by Crippen LogP contribution is -2.62. The molecule has 0 saturated carbocycles. The van der Waals surface area contributed by atoms with Gasteiger partial charge in [0.25, 0.3) is 0 Å². The van der Waals surface area contributed by atoms with E-state index in [1.54, 1.807) is 13.2 Å². The number of methoxy groups -OCH3 is 1. The number of nitrogens with two attached hydrogens (primary N) is 1. The molecular formula is C10H13ClN2O. The van der Waals surface area contributed by atoms with Crippen LogP contribution in [-0.4, -0.2) is 20.2 Å². The first-order valence-electron chi connectivity index (χ1n) is 4.49. The fourth-order valence-electron chi connectivity index (χ4n) is 1.65. The van der Waals surface area contributed by atoms with Gasteiger partial charge >= 0.3 is 0 Å². The maximum absolute atomic E-state index is 6.17. The van der Waals surface area contributed by atoms with E-state index in [9.17, 15) is 0 Å². The zero-order valence-corrected chi connectivity index (χ0v) is 8.77. The van der Waals surface area contributed by atoms with Gasteiger partial charge in [-0.3, -0.25) is 0 Å². The Labute approximate surface area is 88.2 Å². The van der Waals surface area contributed by atoms with E-state index in [1.807, 2.05) is 12.1 Å². The second-order valence-electron chi connectivity index (χ2n) is 3.60. The Hall–Kier alpha value is -0.770. The van der Waals surface area contributed by atoms with Crippen LogP contribution in [0.1, 0.15) is 5.56 Å². The van der Waals surface area contributed by atoms with Crippen molar-refractivity contribution >= 4 is 11.6 Å². The highest BCUT2D eigenvalue weighted by molar-refractivity contribution is 6.30. The van der Waals surface area contributed by atoms with E-state index in [2.05, 4.69) is 5.32 Å². The van der Waals surface area contributed by atoms with E-state index in [4.69, 9.17) is 22.1 Å². The van der Waals surface area contributed by atoms with E-state index in [0.717, 1.165) is 24.4 Å². The Morgan fingerprint density at radius 1 is 1.50 bits per heavy atom. The predicted octanol–water partition coefficient (Wildman–Crippen LogP) is 1.11. The van der Waals surface area contributed by atoms with E-state index in [1.165, 1.54) is 0 Å². The average Bonchev–Trinajstić information content (AvgIpc) is 2.14. The van der Waals surface area contributed by atoms with Gasteiger partial charge in [0, 0.05) is 23.7 Å². The Bertz CT molecular complexity index is 350. The molecule has 4 heteroatoms. The number of halogens is 1. The number of ether oxygens (including phenoxy) is 1. The quantitative estimate of drug-likeness (QED) is 0.772. The molecule has 0 radical (unpaired) electrons. The molecule has 1 aliphatic rings. The molecule has 0 bridgehead atoms. The summed E-state index contributed by atoms with van der Waals surface area (Å²) in [5, 5.41) is 3.84. The Kier molecular flexibility index (Phi) is 2.39. The number of benzene rings is 1. The molecule has 1 saturated heterocycles. The Balaban J connectivity index is 2.43. The zero-order chi connectivity index (χ0) is 10.2. The van der Waals surface area contributed by atoms with Crippen LogP contribution in [0.25, 0.3) is 0 Å². The summed E-state index contributed by atoms with van der Waals surface area (Å²) in [4.78, 5) is 0. The van der Waals surface area contributed by atoms with Crippen LogP contribution < -0.4 is 15.8 Å². The minimum absolute atomic E-state index is 0.323. The Morgan fingerprint density at radius 3 is 2.71 bits per heavy atom. The molecule has 76 valence electrons. The summed E-state index contributed by atoms with van der Waals surface area (Å²) in [6.07, 6.45) is 0. The van der Waals surface area contributed by atoms with Crippen molar-refractivity contribution in [3.63, 3.8) is 0 Å². The topological polar surface area (TPSA) is 47.3 Å². The number of hydrogen-bond donors (Lipinski definition) is 2. The normalized spacial score (nSPS) is 18.8. The summed E-state index contributed by atoms with van der Waals surface area (Å²) in [5.74, 6) is 0.804. The Morgan fingerprint density at radius 2 is 2.21 bits per heavy atom. The minimum atomic E-state index is -0.323. The zero-order valence-electron chi connectivity index (χ0n) is 8.01. The summed E-state index contributed by atoms with van der Waals surface area (Å²) in [6, 6.07) is 5.53. The first kappa shape index (κ1) is 9.77. The van der Waals surface area contributed by atoms with E-state index < -0.39 is 0 Å². The summed E-state index contributed by atoms with van der Waals surface area (Å²) in [5.41, 5.74) is 6.82. The lowest BCUT2D eigenvalue weighted by atomic mass is 9.85. The molecule has 1 heterocycles. The number of nitrogens with one attached hydrogen (secondary N) is 1. The SMILES string of the molecule is COc1ccc(Cl)cc1C1(N)CNC1. The third-order valence-electron chi connectivity index (χ3n) is 2.58. The second-order valence-corrected chi connectivity index (χ2v) is 4.04. The van der Waals surface area contributed by atoms with Crippen LogP contribution in [0, 0.1) is 0 Å². The van der Waals surface area contributed by atoms with Crippen LogP contribution in [0.4, 0.5) is 0 Å². The molecule has 0 amide bonds. The van der Waals surface area contributed by atoms with E-state index in [0.29, 0.717) is 5.02 Å². The van der Waals surface area contributed by atoms with Crippen LogP contribution in [0.3, 0.4) is 0 Å². The van der Waals surface area contributed by atoms with Crippen molar-refractivity contribution in [2.75, 3.05) is 20.2 Å². The molecule has 0 aromatic heterocycles. The first-order valence-corrected chi connectivity index (χ1v) is 4.87. The maximum atomic E-state index is 6.17. The third-order valence-corrected chi connectivity index (χ3v) is 2.81. The maximum Gasteiger partial charge on any atom is 0.124 e. The van der Waals surface area contributed by atoms with Crippen molar-refractivity contribution in [3.8, 4) is 5.75 Å². The molecule has 0 aliphatic carbocycles. The van der Waals surface area contributed by atoms with Crippen molar-refractivity contribution < 1.29 is 4.74 Å². The van der Waals surface area contributed by atoms with Crippen LogP contribution >= 0.6 is 11.6 Å². The van der Waals surface area contributed by atoms with Crippen LogP contribution in [0.2, 0.25) is 5.02 Å². The fourth-order valence-corrected chi connectivity index (χ4v) is 1.83. The summed E-state index contributed by atoms with van der Waals surface area (Å²) in [7, 11) is 1.64. The predicted molar refractivity (Wildman–Crippen MR) is 56.7 cm³/mol. The molecule has 0 atom stereocenters. The largest absolute Gasteiger partial charge is 0.496 e. The van der Waals surface area contributed by atoms with Crippen molar-refractivity contribution in [1.29, 1.82) is 0 Å². The van der Waals surface area contributed by atoms with Gasteiger partial charge in [-0.25, -0.2) is 0 Å².